The number of benzene rings is 1. The van der Waals surface area contributed by atoms with E-state index in [1.165, 1.54) is 13.2 Å². The number of fused-ring (bicyclic) bond motifs is 5. The maximum Gasteiger partial charge on any atom is 0.251 e. The first kappa shape index (κ1) is 28.2. The third-order valence-electron chi connectivity index (χ3n) is 12.0. The van der Waals surface area contributed by atoms with Crippen LogP contribution in [0.3, 0.4) is 0 Å². The summed E-state index contributed by atoms with van der Waals surface area (Å²) in [6.07, 6.45) is 2.19. The first-order valence-corrected chi connectivity index (χ1v) is 14.6. The van der Waals surface area contributed by atoms with Crippen LogP contribution in [0.15, 0.2) is 18.2 Å². The normalized spacial score (nSPS) is 43.5. The molecule has 4 saturated carbocycles. The van der Waals surface area contributed by atoms with Crippen LogP contribution >= 0.6 is 0 Å². The van der Waals surface area contributed by atoms with Crippen molar-refractivity contribution in [3.8, 4) is 5.75 Å². The van der Waals surface area contributed by atoms with E-state index in [4.69, 9.17) is 4.74 Å². The van der Waals surface area contributed by atoms with Gasteiger partial charge >= 0.3 is 0 Å². The fraction of sp³-hybridized carbons (Fsp3) is 0.806. The van der Waals surface area contributed by atoms with Gasteiger partial charge in [0, 0.05) is 12.3 Å². The van der Waals surface area contributed by atoms with Gasteiger partial charge in [-0.3, -0.25) is 0 Å². The minimum Gasteiger partial charge on any atom is -0.496 e. The van der Waals surface area contributed by atoms with Crippen molar-refractivity contribution in [3.63, 3.8) is 0 Å². The van der Waals surface area contributed by atoms with Crippen molar-refractivity contribution in [3.05, 3.63) is 29.6 Å². The quantitative estimate of drug-likeness (QED) is 0.386. The minimum absolute atomic E-state index is 0.0814. The summed E-state index contributed by atoms with van der Waals surface area (Å²) in [6.45, 7) is 6.46. The Morgan fingerprint density at radius 1 is 0.974 bits per heavy atom. The molecule has 4 aliphatic carbocycles. The second-order valence-corrected chi connectivity index (χ2v) is 13.6. The molecule has 1 aromatic carbocycles. The van der Waals surface area contributed by atoms with E-state index in [9.17, 15) is 19.7 Å². The van der Waals surface area contributed by atoms with Gasteiger partial charge in [-0.25, -0.2) is 13.2 Å². The van der Waals surface area contributed by atoms with Crippen LogP contribution in [0.1, 0.15) is 90.2 Å². The monoisotopic (exact) mass is 538 g/mol. The van der Waals surface area contributed by atoms with Gasteiger partial charge in [0.25, 0.3) is 5.92 Å². The Morgan fingerprint density at radius 3 is 2.37 bits per heavy atom. The molecule has 0 spiro atoms. The number of halogens is 3. The summed E-state index contributed by atoms with van der Waals surface area (Å²) in [5.74, 6) is -4.04. The zero-order valence-corrected chi connectivity index (χ0v) is 23.2. The maximum absolute atomic E-state index is 16.0. The molecule has 7 heteroatoms. The van der Waals surface area contributed by atoms with Gasteiger partial charge < -0.3 is 20.1 Å². The molecule has 214 valence electrons. The molecule has 0 heterocycles. The van der Waals surface area contributed by atoms with Crippen LogP contribution in [0.2, 0.25) is 0 Å². The summed E-state index contributed by atoms with van der Waals surface area (Å²) >= 11 is 0. The van der Waals surface area contributed by atoms with Gasteiger partial charge in [-0.2, -0.15) is 0 Å². The summed E-state index contributed by atoms with van der Waals surface area (Å²) in [5, 5.41) is 31.8. The molecule has 0 amide bonds. The zero-order chi connectivity index (χ0) is 27.6. The molecule has 11 atom stereocenters. The molecular formula is C31H45F3O4. The number of rotatable bonds is 6. The molecule has 0 radical (unpaired) electrons. The number of hydrogen-bond acceptors (Lipinski definition) is 4. The Hall–Kier alpha value is -1.31. The Morgan fingerprint density at radius 2 is 1.66 bits per heavy atom. The van der Waals surface area contributed by atoms with E-state index in [-0.39, 0.29) is 46.5 Å². The van der Waals surface area contributed by atoms with Crippen LogP contribution in [-0.4, -0.2) is 40.6 Å². The summed E-state index contributed by atoms with van der Waals surface area (Å²) in [7, 11) is 1.46. The van der Waals surface area contributed by atoms with E-state index >= 15 is 8.78 Å². The Bertz CT molecular complexity index is 1020. The molecule has 3 N–H and O–H groups in total. The van der Waals surface area contributed by atoms with E-state index in [1.54, 1.807) is 12.1 Å². The van der Waals surface area contributed by atoms with Crippen LogP contribution in [0, 0.1) is 52.2 Å². The Labute approximate surface area is 225 Å². The first-order valence-electron chi connectivity index (χ1n) is 14.6. The third kappa shape index (κ3) is 4.30. The molecule has 0 aromatic heterocycles. The van der Waals surface area contributed by atoms with Crippen molar-refractivity contribution >= 4 is 0 Å². The van der Waals surface area contributed by atoms with Crippen LogP contribution < -0.4 is 4.74 Å². The van der Waals surface area contributed by atoms with Gasteiger partial charge in [-0.1, -0.05) is 26.8 Å². The standard InChI is InChI=1S/C31H45F3O4/c1-17(8-11-23(35)26-22(32)6-5-7-25(26)38-4)18-9-10-19-27-20(12-14-29(18,19)2)30(3)15-13-24(36)28(37)21(30)16-31(27,33)34/h5-7,17-21,23-24,27-28,35-37H,8-16H2,1-4H3/t17-,18-,19+,20+,21+,23?,24+,27+,28-,29-,30-/m1/s1. The lowest BCUT2D eigenvalue weighted by Gasteiger charge is -2.63. The van der Waals surface area contributed by atoms with Gasteiger partial charge in [-0.15, -0.1) is 0 Å². The summed E-state index contributed by atoms with van der Waals surface area (Å²) in [6, 6.07) is 4.53. The fourth-order valence-corrected chi connectivity index (χ4v) is 9.95. The molecule has 0 saturated heterocycles. The zero-order valence-electron chi connectivity index (χ0n) is 23.2. The third-order valence-corrected chi connectivity index (χ3v) is 12.0. The van der Waals surface area contributed by atoms with Gasteiger partial charge in [0.1, 0.15) is 11.6 Å². The Kier molecular flexibility index (Phi) is 7.39. The van der Waals surface area contributed by atoms with E-state index in [2.05, 4.69) is 20.8 Å². The van der Waals surface area contributed by atoms with E-state index in [0.29, 0.717) is 31.4 Å². The fourth-order valence-electron chi connectivity index (χ4n) is 9.95. The highest BCUT2D eigenvalue weighted by molar-refractivity contribution is 5.36. The molecular weight excluding hydrogens is 493 g/mol. The predicted molar refractivity (Wildman–Crippen MR) is 139 cm³/mol. The van der Waals surface area contributed by atoms with Gasteiger partial charge in [0.05, 0.1) is 31.0 Å². The molecule has 0 aliphatic heterocycles. The van der Waals surface area contributed by atoms with Crippen LogP contribution in [-0.2, 0) is 0 Å². The second kappa shape index (κ2) is 9.95. The molecule has 4 aliphatic rings. The SMILES string of the molecule is COc1cccc(F)c1C(O)CC[C@@H](C)[C@H]1CC[C@H]2[C@H]3[C@H](CC[C@]12C)[C@@]1(C)CC[C@H](O)[C@H](O)[C@@H]1CC3(F)F. The van der Waals surface area contributed by atoms with Gasteiger partial charge in [0.15, 0.2) is 0 Å². The number of methoxy groups -OCH3 is 1. The number of aliphatic hydroxyl groups is 3. The number of hydrogen-bond donors (Lipinski definition) is 3. The molecule has 1 aromatic rings. The smallest absolute Gasteiger partial charge is 0.251 e. The van der Waals surface area contributed by atoms with Crippen molar-refractivity contribution in [1.82, 2.24) is 0 Å². The lowest BCUT2D eigenvalue weighted by Crippen LogP contribution is -2.64. The summed E-state index contributed by atoms with van der Waals surface area (Å²) in [4.78, 5) is 0. The highest BCUT2D eigenvalue weighted by Gasteiger charge is 2.69. The number of ether oxygens (including phenoxy) is 1. The predicted octanol–water partition coefficient (Wildman–Crippen LogP) is 6.52. The molecule has 4 nitrogen and oxygen atoms in total. The van der Waals surface area contributed by atoms with E-state index in [1.807, 2.05) is 0 Å². The lowest BCUT2D eigenvalue weighted by atomic mass is 9.43. The molecule has 1 unspecified atom stereocenters. The summed E-state index contributed by atoms with van der Waals surface area (Å²) < 4.78 is 51.7. The van der Waals surface area contributed by atoms with Crippen LogP contribution in [0.4, 0.5) is 13.2 Å². The van der Waals surface area contributed by atoms with Crippen molar-refractivity contribution in [2.45, 2.75) is 103 Å². The minimum atomic E-state index is -2.87. The van der Waals surface area contributed by atoms with Crippen molar-refractivity contribution in [2.24, 2.45) is 46.3 Å². The highest BCUT2D eigenvalue weighted by Crippen LogP contribution is 2.71. The average Bonchev–Trinajstić information content (AvgIpc) is 3.23. The van der Waals surface area contributed by atoms with Crippen molar-refractivity contribution in [1.29, 1.82) is 0 Å². The molecule has 0 bridgehead atoms. The maximum atomic E-state index is 16.0. The molecule has 5 rings (SSSR count). The molecule has 38 heavy (non-hydrogen) atoms. The number of aliphatic hydroxyl groups excluding tert-OH is 3. The van der Waals surface area contributed by atoms with Gasteiger partial charge in [-0.05, 0) is 104 Å². The summed E-state index contributed by atoms with van der Waals surface area (Å²) in [5.41, 5.74) is -0.401. The number of alkyl halides is 2. The van der Waals surface area contributed by atoms with Crippen molar-refractivity contribution < 1.29 is 33.2 Å². The lowest BCUT2D eigenvalue weighted by molar-refractivity contribution is -0.258. The second-order valence-electron chi connectivity index (χ2n) is 13.6. The van der Waals surface area contributed by atoms with E-state index < -0.39 is 41.9 Å². The van der Waals surface area contributed by atoms with Gasteiger partial charge in [0.2, 0.25) is 0 Å². The first-order chi connectivity index (χ1) is 17.8. The van der Waals surface area contributed by atoms with Crippen LogP contribution in [0.25, 0.3) is 0 Å². The van der Waals surface area contributed by atoms with E-state index in [0.717, 1.165) is 25.7 Å². The van der Waals surface area contributed by atoms with Crippen LogP contribution in [0.5, 0.6) is 5.75 Å². The average molecular weight is 539 g/mol. The highest BCUT2D eigenvalue weighted by atomic mass is 19.3. The Balaban J connectivity index is 1.33. The van der Waals surface area contributed by atoms with Crippen molar-refractivity contribution in [2.75, 3.05) is 7.11 Å². The largest absolute Gasteiger partial charge is 0.496 e. The topological polar surface area (TPSA) is 69.9 Å². The molecule has 4 fully saturated rings.